The van der Waals surface area contributed by atoms with Crippen LogP contribution in [0.5, 0.6) is 0 Å². The molecule has 0 aliphatic heterocycles. The normalized spacial score (nSPS) is 11.1. The molecule has 7 nitrogen and oxygen atoms in total. The van der Waals surface area contributed by atoms with Crippen molar-refractivity contribution in [3.05, 3.63) is 35.1 Å². The second-order valence-electron chi connectivity index (χ2n) is 6.22. The van der Waals surface area contributed by atoms with Crippen molar-refractivity contribution in [1.82, 2.24) is 20.9 Å². The van der Waals surface area contributed by atoms with Crippen molar-refractivity contribution in [2.24, 2.45) is 4.99 Å². The Morgan fingerprint density at radius 2 is 1.75 bits per heavy atom. The number of hydrogen-bond donors (Lipinski definition) is 3. The summed E-state index contributed by atoms with van der Waals surface area (Å²) in [6.07, 6.45) is 0.355. The molecule has 156 valence electrons. The van der Waals surface area contributed by atoms with E-state index < -0.39 is 5.82 Å². The van der Waals surface area contributed by atoms with E-state index >= 15 is 0 Å². The van der Waals surface area contributed by atoms with Crippen molar-refractivity contribution in [1.29, 1.82) is 0 Å². The minimum atomic E-state index is -0.397. The molecule has 0 fully saturated rings. The largest absolute Gasteiger partial charge is 0.357 e. The number of amides is 2. The highest BCUT2D eigenvalue weighted by Gasteiger charge is 2.09. The van der Waals surface area contributed by atoms with Gasteiger partial charge >= 0.3 is 0 Å². The fraction of sp³-hybridized carbons (Fsp3) is 0.550. The molecule has 0 heterocycles. The predicted molar refractivity (Wildman–Crippen MR) is 110 cm³/mol. The van der Waals surface area contributed by atoms with Gasteiger partial charge in [0.25, 0.3) is 5.91 Å². The zero-order valence-corrected chi connectivity index (χ0v) is 17.3. The van der Waals surface area contributed by atoms with Gasteiger partial charge in [-0.1, -0.05) is 6.07 Å². The van der Waals surface area contributed by atoms with Gasteiger partial charge in [0, 0.05) is 44.7 Å². The average Bonchev–Trinajstić information content (AvgIpc) is 2.68. The maximum absolute atomic E-state index is 13.5. The number of benzene rings is 1. The molecule has 2 amide bonds. The third-order valence-electron chi connectivity index (χ3n) is 4.19. The highest BCUT2D eigenvalue weighted by molar-refractivity contribution is 5.94. The number of halogens is 1. The van der Waals surface area contributed by atoms with Gasteiger partial charge in [-0.2, -0.15) is 0 Å². The van der Waals surface area contributed by atoms with Gasteiger partial charge in [0.2, 0.25) is 5.91 Å². The molecule has 8 heteroatoms. The maximum atomic E-state index is 13.5. The number of hydrogen-bond acceptors (Lipinski definition) is 3. The van der Waals surface area contributed by atoms with Crippen LogP contribution in [0.3, 0.4) is 0 Å². The number of nitrogens with one attached hydrogen (secondary N) is 3. The number of aryl methyl sites for hydroxylation is 1. The Hall–Kier alpha value is -2.64. The first kappa shape index (κ1) is 23.4. The Bertz CT molecular complexity index is 675. The Balaban J connectivity index is 2.42. The van der Waals surface area contributed by atoms with Crippen molar-refractivity contribution in [2.75, 3.05) is 39.3 Å². The Morgan fingerprint density at radius 1 is 1.07 bits per heavy atom. The molecule has 0 aliphatic rings. The molecule has 0 saturated heterocycles. The summed E-state index contributed by atoms with van der Waals surface area (Å²) >= 11 is 0. The van der Waals surface area contributed by atoms with Gasteiger partial charge in [-0.25, -0.2) is 4.39 Å². The molecule has 1 aromatic carbocycles. The van der Waals surface area contributed by atoms with Gasteiger partial charge in [0.05, 0.1) is 6.54 Å². The van der Waals surface area contributed by atoms with E-state index in [4.69, 9.17) is 0 Å². The summed E-state index contributed by atoms with van der Waals surface area (Å²) in [5, 5.41) is 8.94. The molecule has 0 aromatic heterocycles. The van der Waals surface area contributed by atoms with E-state index in [9.17, 15) is 14.0 Å². The number of carbonyl (C=O) groups excluding carboxylic acids is 2. The van der Waals surface area contributed by atoms with E-state index in [0.717, 1.165) is 0 Å². The topological polar surface area (TPSA) is 85.8 Å². The summed E-state index contributed by atoms with van der Waals surface area (Å²) in [6, 6.07) is 4.41. The summed E-state index contributed by atoms with van der Waals surface area (Å²) in [6.45, 7) is 10.8. The lowest BCUT2D eigenvalue weighted by Crippen LogP contribution is -2.41. The zero-order chi connectivity index (χ0) is 20.9. The lowest BCUT2D eigenvalue weighted by molar-refractivity contribution is -0.130. The quantitative estimate of drug-likeness (QED) is 0.321. The summed E-state index contributed by atoms with van der Waals surface area (Å²) in [5.41, 5.74) is 0.794. The van der Waals surface area contributed by atoms with Crippen molar-refractivity contribution < 1.29 is 14.0 Å². The third kappa shape index (κ3) is 7.94. The highest BCUT2D eigenvalue weighted by Crippen LogP contribution is 2.08. The van der Waals surface area contributed by atoms with Gasteiger partial charge in [0.15, 0.2) is 5.96 Å². The first-order chi connectivity index (χ1) is 13.4. The van der Waals surface area contributed by atoms with Crippen LogP contribution < -0.4 is 16.0 Å². The van der Waals surface area contributed by atoms with Crippen LogP contribution in [-0.4, -0.2) is 61.9 Å². The molecule has 0 atom stereocenters. The highest BCUT2D eigenvalue weighted by atomic mass is 19.1. The molecule has 0 saturated carbocycles. The van der Waals surface area contributed by atoms with E-state index in [2.05, 4.69) is 20.9 Å². The smallest absolute Gasteiger partial charge is 0.251 e. The van der Waals surface area contributed by atoms with Crippen LogP contribution in [0.4, 0.5) is 4.39 Å². The van der Waals surface area contributed by atoms with Crippen LogP contribution in [0.25, 0.3) is 0 Å². The molecule has 0 unspecified atom stereocenters. The second-order valence-corrected chi connectivity index (χ2v) is 6.22. The van der Waals surface area contributed by atoms with Crippen molar-refractivity contribution >= 4 is 17.8 Å². The van der Waals surface area contributed by atoms with Crippen LogP contribution in [0, 0.1) is 12.7 Å². The lowest BCUT2D eigenvalue weighted by Gasteiger charge is -2.18. The SMILES string of the molecule is CCNC(=NCCC(=O)N(CC)CC)NCCNC(=O)c1ccc(C)c(F)c1. The average molecular weight is 394 g/mol. The maximum Gasteiger partial charge on any atom is 0.251 e. The van der Waals surface area contributed by atoms with Crippen LogP contribution in [-0.2, 0) is 4.79 Å². The first-order valence-electron chi connectivity index (χ1n) is 9.77. The minimum absolute atomic E-state index is 0.0854. The number of nitrogens with zero attached hydrogens (tertiary/aromatic N) is 2. The van der Waals surface area contributed by atoms with E-state index in [-0.39, 0.29) is 11.8 Å². The van der Waals surface area contributed by atoms with Crippen LogP contribution in [0.1, 0.15) is 43.1 Å². The molecule has 1 aromatic rings. The predicted octanol–water partition coefficient (Wildman–Crippen LogP) is 1.68. The number of guanidine groups is 1. The number of carbonyl (C=O) groups is 2. The van der Waals surface area contributed by atoms with E-state index in [0.29, 0.717) is 62.8 Å². The molecule has 1 rings (SSSR count). The van der Waals surface area contributed by atoms with Crippen LogP contribution in [0.2, 0.25) is 0 Å². The molecular weight excluding hydrogens is 361 g/mol. The standard InChI is InChI=1S/C20H32FN5O2/c1-5-22-20(24-11-10-18(27)26(6-2)7-3)25-13-12-23-19(28)16-9-8-15(4)17(21)14-16/h8-9,14H,5-7,10-13H2,1-4H3,(H,23,28)(H2,22,24,25). The Labute approximate surface area is 166 Å². The monoisotopic (exact) mass is 393 g/mol. The molecule has 3 N–H and O–H groups in total. The van der Waals surface area contributed by atoms with Crippen molar-refractivity contribution in [3.8, 4) is 0 Å². The summed E-state index contributed by atoms with van der Waals surface area (Å²) < 4.78 is 13.5. The Morgan fingerprint density at radius 3 is 2.36 bits per heavy atom. The van der Waals surface area contributed by atoms with Gasteiger partial charge in [-0.05, 0) is 45.4 Å². The fourth-order valence-corrected chi connectivity index (χ4v) is 2.53. The van der Waals surface area contributed by atoms with Crippen LogP contribution in [0.15, 0.2) is 23.2 Å². The van der Waals surface area contributed by atoms with Gasteiger partial charge in [0.1, 0.15) is 5.82 Å². The summed E-state index contributed by atoms with van der Waals surface area (Å²) in [7, 11) is 0. The molecule has 0 bridgehead atoms. The van der Waals surface area contributed by atoms with Crippen LogP contribution >= 0.6 is 0 Å². The molecule has 0 radical (unpaired) electrons. The fourth-order valence-electron chi connectivity index (χ4n) is 2.53. The third-order valence-corrected chi connectivity index (χ3v) is 4.19. The summed E-state index contributed by atoms with van der Waals surface area (Å²) in [5.74, 6) is -0.0493. The second kappa shape index (κ2) is 12.7. The van der Waals surface area contributed by atoms with Gasteiger partial charge in [-0.15, -0.1) is 0 Å². The van der Waals surface area contributed by atoms with E-state index in [1.807, 2.05) is 20.8 Å². The van der Waals surface area contributed by atoms with Gasteiger partial charge < -0.3 is 20.9 Å². The molecule has 0 spiro atoms. The first-order valence-corrected chi connectivity index (χ1v) is 9.77. The minimum Gasteiger partial charge on any atom is -0.357 e. The van der Waals surface area contributed by atoms with E-state index in [1.54, 1.807) is 24.0 Å². The van der Waals surface area contributed by atoms with Crippen molar-refractivity contribution in [2.45, 2.75) is 34.1 Å². The lowest BCUT2D eigenvalue weighted by atomic mass is 10.1. The number of rotatable bonds is 10. The van der Waals surface area contributed by atoms with E-state index in [1.165, 1.54) is 6.07 Å². The van der Waals surface area contributed by atoms with Gasteiger partial charge in [-0.3, -0.25) is 14.6 Å². The summed E-state index contributed by atoms with van der Waals surface area (Å²) in [4.78, 5) is 30.2. The zero-order valence-electron chi connectivity index (χ0n) is 17.3. The molecule has 0 aliphatic carbocycles. The number of aliphatic imine (C=N–C) groups is 1. The Kier molecular flexibility index (Phi) is 10.6. The molecular formula is C20H32FN5O2. The van der Waals surface area contributed by atoms with Crippen molar-refractivity contribution in [3.63, 3.8) is 0 Å². The molecule has 28 heavy (non-hydrogen) atoms.